The Labute approximate surface area is 116 Å². The summed E-state index contributed by atoms with van der Waals surface area (Å²) in [5.74, 6) is 0. The molecule has 18 heavy (non-hydrogen) atoms. The summed E-state index contributed by atoms with van der Waals surface area (Å²) >= 11 is 7.15. The Morgan fingerprint density at radius 2 is 1.50 bits per heavy atom. The smallest absolute Gasteiger partial charge is 0.160 e. The molecule has 0 saturated heterocycles. The monoisotopic (exact) mass is 276 g/mol. The second-order valence-electron chi connectivity index (χ2n) is 6.21. The molecule has 0 aliphatic heterocycles. The van der Waals surface area contributed by atoms with Gasteiger partial charge in [0.2, 0.25) is 0 Å². The van der Waals surface area contributed by atoms with Crippen LogP contribution in [0.15, 0.2) is 54.6 Å². The van der Waals surface area contributed by atoms with E-state index in [9.17, 15) is 0 Å². The number of hydrogen-bond donors (Lipinski definition) is 0. The minimum atomic E-state index is -2.13. The third-order valence-electron chi connectivity index (χ3n) is 4.16. The van der Waals surface area contributed by atoms with Gasteiger partial charge in [-0.3, -0.25) is 0 Å². The van der Waals surface area contributed by atoms with E-state index in [-0.39, 0.29) is 10.5 Å². The van der Waals surface area contributed by atoms with Gasteiger partial charge < -0.3 is 0 Å². The van der Waals surface area contributed by atoms with Crippen LogP contribution in [0, 0.1) is 5.41 Å². The zero-order chi connectivity index (χ0) is 13.4. The fourth-order valence-corrected chi connectivity index (χ4v) is 8.11. The average molecular weight is 277 g/mol. The van der Waals surface area contributed by atoms with Gasteiger partial charge in [-0.2, -0.15) is 11.1 Å². The van der Waals surface area contributed by atoms with E-state index in [4.69, 9.17) is 11.1 Å². The zero-order valence-corrected chi connectivity index (χ0v) is 13.3. The highest BCUT2D eigenvalue weighted by Gasteiger charge is 2.54. The Morgan fingerprint density at radius 1 is 1.00 bits per heavy atom. The van der Waals surface area contributed by atoms with Crippen LogP contribution in [-0.2, 0) is 0 Å². The molecule has 1 aromatic rings. The molecule has 1 unspecified atom stereocenters. The van der Waals surface area contributed by atoms with E-state index in [1.165, 1.54) is 5.19 Å². The number of halogens is 1. The first-order valence-corrected chi connectivity index (χ1v) is 9.94. The summed E-state index contributed by atoms with van der Waals surface area (Å²) in [5.41, 5.74) is 0.120. The lowest BCUT2D eigenvalue weighted by molar-refractivity contribution is 0.354. The highest BCUT2D eigenvalue weighted by atomic mass is 35.6. The third kappa shape index (κ3) is 1.90. The third-order valence-corrected chi connectivity index (χ3v) is 9.81. The molecule has 0 spiro atoms. The van der Waals surface area contributed by atoms with Crippen molar-refractivity contribution in [2.45, 2.75) is 32.4 Å². The minimum absolute atomic E-state index is 0.0249. The largest absolute Gasteiger partial charge is 0.197 e. The van der Waals surface area contributed by atoms with Crippen LogP contribution in [0.5, 0.6) is 0 Å². The number of rotatable bonds is 2. The van der Waals surface area contributed by atoms with Crippen LogP contribution < -0.4 is 5.19 Å². The van der Waals surface area contributed by atoms with E-state index in [1.807, 2.05) is 0 Å². The van der Waals surface area contributed by atoms with E-state index in [0.717, 1.165) is 0 Å². The van der Waals surface area contributed by atoms with Gasteiger partial charge in [-0.15, -0.1) is 0 Å². The first-order chi connectivity index (χ1) is 8.31. The fraction of sp³-hybridized carbons (Fsp3) is 0.375. The Hall–Kier alpha value is -0.793. The van der Waals surface area contributed by atoms with Crippen LogP contribution in [0.3, 0.4) is 0 Å². The topological polar surface area (TPSA) is 0 Å². The lowest BCUT2D eigenvalue weighted by atomic mass is 9.80. The molecule has 1 aliphatic carbocycles. The lowest BCUT2D eigenvalue weighted by Crippen LogP contribution is -2.54. The van der Waals surface area contributed by atoms with Crippen molar-refractivity contribution in [3.8, 4) is 0 Å². The van der Waals surface area contributed by atoms with Crippen LogP contribution in [0.4, 0.5) is 0 Å². The summed E-state index contributed by atoms with van der Waals surface area (Å²) in [5, 5.41) is 1.28. The van der Waals surface area contributed by atoms with E-state index < -0.39 is 7.38 Å². The molecule has 0 amide bonds. The summed E-state index contributed by atoms with van der Waals surface area (Å²) < 4.78 is 0. The SMILES string of the molecule is CC(C)(C)C1([Si](C)(Cl)c2ccccc2)C=CC=C1. The molecular formula is C16H21ClSi. The maximum absolute atomic E-state index is 7.15. The molecule has 0 nitrogen and oxygen atoms in total. The van der Waals surface area contributed by atoms with Crippen molar-refractivity contribution >= 4 is 23.6 Å². The van der Waals surface area contributed by atoms with Gasteiger partial charge >= 0.3 is 0 Å². The van der Waals surface area contributed by atoms with E-state index >= 15 is 0 Å². The molecule has 0 heterocycles. The Kier molecular flexibility index (Phi) is 3.33. The van der Waals surface area contributed by atoms with Crippen molar-refractivity contribution < 1.29 is 0 Å². The van der Waals surface area contributed by atoms with Gasteiger partial charge in [0.25, 0.3) is 0 Å². The van der Waals surface area contributed by atoms with Crippen LogP contribution in [-0.4, -0.2) is 7.38 Å². The summed E-state index contributed by atoms with van der Waals surface area (Å²) in [6, 6.07) is 10.6. The van der Waals surface area contributed by atoms with Crippen molar-refractivity contribution in [2.24, 2.45) is 5.41 Å². The van der Waals surface area contributed by atoms with Crippen molar-refractivity contribution in [1.29, 1.82) is 0 Å². The molecule has 0 N–H and O–H groups in total. The van der Waals surface area contributed by atoms with Crippen LogP contribution >= 0.6 is 11.1 Å². The molecular weight excluding hydrogens is 256 g/mol. The number of hydrogen-bond acceptors (Lipinski definition) is 0. The molecule has 1 aromatic carbocycles. The van der Waals surface area contributed by atoms with Crippen molar-refractivity contribution in [3.63, 3.8) is 0 Å². The maximum atomic E-state index is 7.15. The van der Waals surface area contributed by atoms with Gasteiger partial charge in [0.1, 0.15) is 0 Å². The second kappa shape index (κ2) is 4.39. The van der Waals surface area contributed by atoms with Crippen molar-refractivity contribution in [1.82, 2.24) is 0 Å². The predicted molar refractivity (Wildman–Crippen MR) is 84.0 cm³/mol. The standard InChI is InChI=1S/C16H21ClSi/c1-15(2,3)16(12-8-9-13-16)18(4,17)14-10-6-5-7-11-14/h5-13H,1-4H3. The predicted octanol–water partition coefficient (Wildman–Crippen LogP) is 4.62. The van der Waals surface area contributed by atoms with Gasteiger partial charge in [-0.25, -0.2) is 0 Å². The van der Waals surface area contributed by atoms with Gasteiger partial charge in [0.15, 0.2) is 7.38 Å². The molecule has 2 rings (SSSR count). The quantitative estimate of drug-likeness (QED) is 0.546. The Balaban J connectivity index is 2.58. The van der Waals surface area contributed by atoms with E-state index in [0.29, 0.717) is 0 Å². The molecule has 96 valence electrons. The first kappa shape index (κ1) is 13.6. The second-order valence-corrected chi connectivity index (χ2v) is 11.9. The molecule has 0 aromatic heterocycles. The number of benzene rings is 1. The van der Waals surface area contributed by atoms with Gasteiger partial charge in [-0.1, -0.05) is 82.0 Å². The minimum Gasteiger partial charge on any atom is -0.160 e. The fourth-order valence-electron chi connectivity index (χ4n) is 2.98. The molecule has 0 radical (unpaired) electrons. The van der Waals surface area contributed by atoms with Crippen molar-refractivity contribution in [3.05, 3.63) is 54.6 Å². The molecule has 1 aliphatic rings. The van der Waals surface area contributed by atoms with Gasteiger partial charge in [0, 0.05) is 5.04 Å². The molecule has 0 bridgehead atoms. The van der Waals surface area contributed by atoms with E-state index in [2.05, 4.69) is 82.0 Å². The molecule has 0 saturated carbocycles. The first-order valence-electron chi connectivity index (χ1n) is 6.43. The normalized spacial score (nSPS) is 20.9. The van der Waals surface area contributed by atoms with Gasteiger partial charge in [0.05, 0.1) is 0 Å². The van der Waals surface area contributed by atoms with Crippen LogP contribution in [0.1, 0.15) is 20.8 Å². The number of allylic oxidation sites excluding steroid dienone is 4. The highest BCUT2D eigenvalue weighted by molar-refractivity contribution is 7.28. The zero-order valence-electron chi connectivity index (χ0n) is 11.6. The Bertz CT molecular complexity index is 466. The highest BCUT2D eigenvalue weighted by Crippen LogP contribution is 2.58. The summed E-state index contributed by atoms with van der Waals surface area (Å²) in [7, 11) is -2.13. The van der Waals surface area contributed by atoms with Crippen molar-refractivity contribution in [2.75, 3.05) is 0 Å². The summed E-state index contributed by atoms with van der Waals surface area (Å²) in [6.07, 6.45) is 8.89. The van der Waals surface area contributed by atoms with Crippen LogP contribution in [0.25, 0.3) is 0 Å². The molecule has 1 atom stereocenters. The molecule has 0 fully saturated rings. The van der Waals surface area contributed by atoms with Gasteiger partial charge in [-0.05, 0) is 10.6 Å². The van der Waals surface area contributed by atoms with E-state index in [1.54, 1.807) is 0 Å². The molecule has 2 heteroatoms. The lowest BCUT2D eigenvalue weighted by Gasteiger charge is -2.48. The summed E-state index contributed by atoms with van der Waals surface area (Å²) in [4.78, 5) is 0. The Morgan fingerprint density at radius 3 is 1.94 bits per heavy atom. The maximum Gasteiger partial charge on any atom is 0.197 e. The summed E-state index contributed by atoms with van der Waals surface area (Å²) in [6.45, 7) is 9.10. The van der Waals surface area contributed by atoms with Crippen LogP contribution in [0.2, 0.25) is 11.6 Å². The average Bonchev–Trinajstić information content (AvgIpc) is 2.80.